The van der Waals surface area contributed by atoms with Crippen LogP contribution in [-0.2, 0) is 17.9 Å². The van der Waals surface area contributed by atoms with Gasteiger partial charge in [-0.1, -0.05) is 18.2 Å². The van der Waals surface area contributed by atoms with Crippen molar-refractivity contribution in [2.24, 2.45) is 0 Å². The number of nitrogens with one attached hydrogen (secondary N) is 1. The molecule has 19 heavy (non-hydrogen) atoms. The molecule has 2 aromatic rings. The summed E-state index contributed by atoms with van der Waals surface area (Å²) in [6.07, 6.45) is 1.24. The van der Waals surface area contributed by atoms with Gasteiger partial charge in [0.15, 0.2) is 0 Å². The second kappa shape index (κ2) is 6.06. The lowest BCUT2D eigenvalue weighted by Gasteiger charge is -2.10. The summed E-state index contributed by atoms with van der Waals surface area (Å²) in [4.78, 5) is 10.7. The maximum absolute atomic E-state index is 10.7. The number of carbonyl (C=O) groups is 1. The standard InChI is InChI=1S/C14H15NO4/c1-18-8-10-4-2-3-5-13(10)15-7-12-6-11(9-19-12)14(16)17/h2-6,9,15H,7-8H2,1H3,(H,16,17). The lowest BCUT2D eigenvalue weighted by molar-refractivity contribution is 0.0696. The van der Waals surface area contributed by atoms with E-state index in [1.165, 1.54) is 12.3 Å². The monoisotopic (exact) mass is 261 g/mol. The maximum Gasteiger partial charge on any atom is 0.338 e. The summed E-state index contributed by atoms with van der Waals surface area (Å²) in [6, 6.07) is 9.28. The molecule has 1 aromatic carbocycles. The first kappa shape index (κ1) is 13.2. The van der Waals surface area contributed by atoms with Gasteiger partial charge in [-0.25, -0.2) is 4.79 Å². The predicted molar refractivity (Wildman–Crippen MR) is 70.1 cm³/mol. The van der Waals surface area contributed by atoms with Gasteiger partial charge < -0.3 is 19.6 Å². The average molecular weight is 261 g/mol. The fourth-order valence-corrected chi connectivity index (χ4v) is 1.74. The largest absolute Gasteiger partial charge is 0.478 e. The van der Waals surface area contributed by atoms with Gasteiger partial charge >= 0.3 is 5.97 Å². The van der Waals surface area contributed by atoms with E-state index in [0.29, 0.717) is 18.9 Å². The highest BCUT2D eigenvalue weighted by molar-refractivity contribution is 5.87. The van der Waals surface area contributed by atoms with Crippen molar-refractivity contribution in [3.8, 4) is 0 Å². The molecule has 0 unspecified atom stereocenters. The summed E-state index contributed by atoms with van der Waals surface area (Å²) in [7, 11) is 1.64. The van der Waals surface area contributed by atoms with Crippen LogP contribution in [0, 0.1) is 0 Å². The molecule has 5 nitrogen and oxygen atoms in total. The van der Waals surface area contributed by atoms with Crippen LogP contribution in [0.3, 0.4) is 0 Å². The van der Waals surface area contributed by atoms with Crippen LogP contribution in [0.15, 0.2) is 41.0 Å². The number of rotatable bonds is 6. The van der Waals surface area contributed by atoms with E-state index in [0.717, 1.165) is 11.3 Å². The number of methoxy groups -OCH3 is 1. The molecule has 2 N–H and O–H groups in total. The van der Waals surface area contributed by atoms with Crippen LogP contribution >= 0.6 is 0 Å². The van der Waals surface area contributed by atoms with Gasteiger partial charge in [0.25, 0.3) is 0 Å². The fraction of sp³-hybridized carbons (Fsp3) is 0.214. The molecule has 0 aliphatic carbocycles. The Kier molecular flexibility index (Phi) is 4.20. The predicted octanol–water partition coefficient (Wildman–Crippen LogP) is 2.74. The number of carboxylic acid groups (broad SMARTS) is 1. The number of ether oxygens (including phenoxy) is 1. The highest BCUT2D eigenvalue weighted by atomic mass is 16.5. The van der Waals surface area contributed by atoms with Crippen LogP contribution in [-0.4, -0.2) is 18.2 Å². The minimum absolute atomic E-state index is 0.155. The number of carboxylic acids is 1. The van der Waals surface area contributed by atoms with Crippen LogP contribution in [0.25, 0.3) is 0 Å². The minimum Gasteiger partial charge on any atom is -0.478 e. The summed E-state index contributed by atoms with van der Waals surface area (Å²) in [6.45, 7) is 0.940. The van der Waals surface area contributed by atoms with Crippen molar-refractivity contribution in [3.05, 3.63) is 53.5 Å². The van der Waals surface area contributed by atoms with Crippen LogP contribution in [0.4, 0.5) is 5.69 Å². The Hall–Kier alpha value is -2.27. The second-order valence-corrected chi connectivity index (χ2v) is 4.05. The van der Waals surface area contributed by atoms with E-state index in [9.17, 15) is 4.79 Å². The third-order valence-corrected chi connectivity index (χ3v) is 2.67. The number of hydrogen-bond acceptors (Lipinski definition) is 4. The topological polar surface area (TPSA) is 71.7 Å². The molecule has 0 aliphatic rings. The first-order valence-electron chi connectivity index (χ1n) is 5.82. The molecular formula is C14H15NO4. The SMILES string of the molecule is COCc1ccccc1NCc1cc(C(=O)O)co1. The summed E-state index contributed by atoms with van der Waals surface area (Å²) in [5.41, 5.74) is 2.13. The molecule has 5 heteroatoms. The quantitative estimate of drug-likeness (QED) is 0.836. The zero-order chi connectivity index (χ0) is 13.7. The van der Waals surface area contributed by atoms with E-state index in [2.05, 4.69) is 5.32 Å². The van der Waals surface area contributed by atoms with E-state index >= 15 is 0 Å². The molecule has 0 amide bonds. The van der Waals surface area contributed by atoms with Gasteiger partial charge in [0.05, 0.1) is 18.7 Å². The Morgan fingerprint density at radius 2 is 2.21 bits per heavy atom. The Balaban J connectivity index is 2.03. The van der Waals surface area contributed by atoms with Crippen molar-refractivity contribution in [2.75, 3.05) is 12.4 Å². The van der Waals surface area contributed by atoms with Gasteiger partial charge in [-0.2, -0.15) is 0 Å². The highest BCUT2D eigenvalue weighted by Gasteiger charge is 2.08. The zero-order valence-corrected chi connectivity index (χ0v) is 10.6. The van der Waals surface area contributed by atoms with Gasteiger partial charge in [-0.05, 0) is 12.1 Å². The number of furan rings is 1. The van der Waals surface area contributed by atoms with E-state index in [-0.39, 0.29) is 5.56 Å². The molecule has 0 saturated carbocycles. The Morgan fingerprint density at radius 3 is 2.89 bits per heavy atom. The van der Waals surface area contributed by atoms with Crippen molar-refractivity contribution in [3.63, 3.8) is 0 Å². The summed E-state index contributed by atoms with van der Waals surface area (Å²) in [5, 5.41) is 12.0. The van der Waals surface area contributed by atoms with Crippen molar-refractivity contribution in [2.45, 2.75) is 13.2 Å². The number of anilines is 1. The summed E-state index contributed by atoms with van der Waals surface area (Å²) in [5.74, 6) is -0.417. The van der Waals surface area contributed by atoms with Crippen LogP contribution < -0.4 is 5.32 Å². The summed E-state index contributed by atoms with van der Waals surface area (Å²) >= 11 is 0. The smallest absolute Gasteiger partial charge is 0.338 e. The molecule has 2 rings (SSSR count). The van der Waals surface area contributed by atoms with Gasteiger partial charge in [0, 0.05) is 18.4 Å². The fourth-order valence-electron chi connectivity index (χ4n) is 1.74. The van der Waals surface area contributed by atoms with Crippen molar-refractivity contribution < 1.29 is 19.1 Å². The number of para-hydroxylation sites is 1. The molecule has 100 valence electrons. The molecular weight excluding hydrogens is 246 g/mol. The van der Waals surface area contributed by atoms with Crippen LogP contribution in [0.5, 0.6) is 0 Å². The number of hydrogen-bond donors (Lipinski definition) is 2. The second-order valence-electron chi connectivity index (χ2n) is 4.05. The zero-order valence-electron chi connectivity index (χ0n) is 10.6. The molecule has 0 atom stereocenters. The molecule has 0 aliphatic heterocycles. The lowest BCUT2D eigenvalue weighted by Crippen LogP contribution is -2.02. The number of benzene rings is 1. The Labute approximate surface area is 110 Å². The lowest BCUT2D eigenvalue weighted by atomic mass is 10.2. The average Bonchev–Trinajstić information content (AvgIpc) is 2.87. The van der Waals surface area contributed by atoms with Gasteiger partial charge in [-0.15, -0.1) is 0 Å². The minimum atomic E-state index is -0.991. The maximum atomic E-state index is 10.7. The highest BCUT2D eigenvalue weighted by Crippen LogP contribution is 2.17. The first-order chi connectivity index (χ1) is 9.20. The van der Waals surface area contributed by atoms with Crippen molar-refractivity contribution in [1.82, 2.24) is 0 Å². The molecule has 0 fully saturated rings. The molecule has 0 saturated heterocycles. The third kappa shape index (κ3) is 3.35. The Bertz CT molecular complexity index is 562. The molecule has 0 spiro atoms. The normalized spacial score (nSPS) is 10.4. The van der Waals surface area contributed by atoms with E-state index < -0.39 is 5.97 Å². The third-order valence-electron chi connectivity index (χ3n) is 2.67. The number of aromatic carboxylic acids is 1. The molecule has 1 aromatic heterocycles. The van der Waals surface area contributed by atoms with Crippen LogP contribution in [0.2, 0.25) is 0 Å². The van der Waals surface area contributed by atoms with E-state index in [4.69, 9.17) is 14.3 Å². The molecule has 1 heterocycles. The van der Waals surface area contributed by atoms with Crippen molar-refractivity contribution in [1.29, 1.82) is 0 Å². The molecule has 0 radical (unpaired) electrons. The van der Waals surface area contributed by atoms with Gasteiger partial charge in [0.1, 0.15) is 12.0 Å². The molecule has 0 bridgehead atoms. The van der Waals surface area contributed by atoms with Crippen LogP contribution in [0.1, 0.15) is 21.7 Å². The van der Waals surface area contributed by atoms with Crippen molar-refractivity contribution >= 4 is 11.7 Å². The van der Waals surface area contributed by atoms with Gasteiger partial charge in [0.2, 0.25) is 0 Å². The Morgan fingerprint density at radius 1 is 1.42 bits per heavy atom. The van der Waals surface area contributed by atoms with E-state index in [1.54, 1.807) is 7.11 Å². The van der Waals surface area contributed by atoms with E-state index in [1.807, 2.05) is 24.3 Å². The van der Waals surface area contributed by atoms with Gasteiger partial charge in [-0.3, -0.25) is 0 Å². The first-order valence-corrected chi connectivity index (χ1v) is 5.82. The summed E-state index contributed by atoms with van der Waals surface area (Å²) < 4.78 is 10.3.